The van der Waals surface area contributed by atoms with Crippen LogP contribution in [0, 0.1) is 0 Å². The zero-order valence-electron chi connectivity index (χ0n) is 9.18. The van der Waals surface area contributed by atoms with Gasteiger partial charge in [-0.05, 0) is 28.8 Å². The van der Waals surface area contributed by atoms with Crippen molar-refractivity contribution < 1.29 is 9.84 Å². The predicted molar refractivity (Wildman–Crippen MR) is 64.3 cm³/mol. The minimum absolute atomic E-state index is 0.285. The summed E-state index contributed by atoms with van der Waals surface area (Å²) < 4.78 is 5.16. The van der Waals surface area contributed by atoms with Crippen LogP contribution in [-0.2, 0) is 11.3 Å². The summed E-state index contributed by atoms with van der Waals surface area (Å²) in [5.74, 6) is 0.285. The zero-order chi connectivity index (χ0) is 11.4. The van der Waals surface area contributed by atoms with Gasteiger partial charge < -0.3 is 9.84 Å². The van der Waals surface area contributed by atoms with Crippen molar-refractivity contribution in [2.45, 2.75) is 6.61 Å². The van der Waals surface area contributed by atoms with Crippen LogP contribution in [0.4, 0.5) is 0 Å². The van der Waals surface area contributed by atoms with Crippen LogP contribution >= 0.6 is 0 Å². The molecule has 0 saturated heterocycles. The van der Waals surface area contributed by atoms with Crippen molar-refractivity contribution in [3.8, 4) is 16.9 Å². The van der Waals surface area contributed by atoms with Gasteiger partial charge in [0.2, 0.25) is 0 Å². The Balaban J connectivity index is 2.42. The van der Waals surface area contributed by atoms with Gasteiger partial charge in [-0.2, -0.15) is 0 Å². The van der Waals surface area contributed by atoms with E-state index >= 15 is 0 Å². The summed E-state index contributed by atoms with van der Waals surface area (Å²) in [6, 6.07) is 15.3. The van der Waals surface area contributed by atoms with Crippen molar-refractivity contribution in [2.24, 2.45) is 0 Å². The maximum absolute atomic E-state index is 9.25. The highest BCUT2D eigenvalue weighted by atomic mass is 16.5. The van der Waals surface area contributed by atoms with Crippen LogP contribution in [-0.4, -0.2) is 12.2 Å². The average Bonchev–Trinajstić information content (AvgIpc) is 2.32. The molecule has 0 aliphatic carbocycles. The molecule has 0 bridgehead atoms. The summed E-state index contributed by atoms with van der Waals surface area (Å²) in [5, 5.41) is 9.25. The highest BCUT2D eigenvalue weighted by Crippen LogP contribution is 2.25. The lowest BCUT2D eigenvalue weighted by Gasteiger charge is -2.08. The molecular weight excluding hydrogens is 200 g/mol. The third-order valence-corrected chi connectivity index (χ3v) is 2.50. The van der Waals surface area contributed by atoms with Gasteiger partial charge in [-0.15, -0.1) is 0 Å². The van der Waals surface area contributed by atoms with Gasteiger partial charge in [0.25, 0.3) is 0 Å². The number of phenolic OH excluding ortho intramolecular Hbond substituents is 1. The number of benzene rings is 2. The first kappa shape index (κ1) is 10.7. The maximum atomic E-state index is 9.25. The quantitative estimate of drug-likeness (QED) is 0.850. The van der Waals surface area contributed by atoms with Gasteiger partial charge in [-0.3, -0.25) is 0 Å². The van der Waals surface area contributed by atoms with Gasteiger partial charge in [0, 0.05) is 7.11 Å². The average molecular weight is 214 g/mol. The molecule has 0 aliphatic rings. The Morgan fingerprint density at radius 2 is 1.69 bits per heavy atom. The number of ether oxygens (including phenoxy) is 1. The first-order chi connectivity index (χ1) is 7.81. The highest BCUT2D eigenvalue weighted by molar-refractivity contribution is 5.67. The minimum atomic E-state index is 0.285. The maximum Gasteiger partial charge on any atom is 0.115 e. The fourth-order valence-electron chi connectivity index (χ4n) is 1.72. The molecule has 2 aromatic rings. The third-order valence-electron chi connectivity index (χ3n) is 2.50. The van der Waals surface area contributed by atoms with Crippen LogP contribution in [0.2, 0.25) is 0 Å². The molecule has 0 unspecified atom stereocenters. The van der Waals surface area contributed by atoms with Gasteiger partial charge >= 0.3 is 0 Å². The van der Waals surface area contributed by atoms with Crippen LogP contribution in [0.5, 0.6) is 5.75 Å². The Kier molecular flexibility index (Phi) is 3.22. The van der Waals surface area contributed by atoms with Gasteiger partial charge in [-0.25, -0.2) is 0 Å². The second kappa shape index (κ2) is 4.81. The molecule has 2 rings (SSSR count). The second-order valence-corrected chi connectivity index (χ2v) is 3.64. The van der Waals surface area contributed by atoms with Crippen LogP contribution < -0.4 is 0 Å². The smallest absolute Gasteiger partial charge is 0.115 e. The Hall–Kier alpha value is -1.80. The van der Waals surface area contributed by atoms with Crippen molar-refractivity contribution in [1.82, 2.24) is 0 Å². The zero-order valence-corrected chi connectivity index (χ0v) is 9.18. The first-order valence-electron chi connectivity index (χ1n) is 5.17. The Morgan fingerprint density at radius 1 is 1.00 bits per heavy atom. The lowest BCUT2D eigenvalue weighted by Crippen LogP contribution is -1.91. The van der Waals surface area contributed by atoms with Crippen molar-refractivity contribution in [3.05, 3.63) is 54.1 Å². The highest BCUT2D eigenvalue weighted by Gasteiger charge is 2.03. The van der Waals surface area contributed by atoms with E-state index in [9.17, 15) is 5.11 Å². The number of rotatable bonds is 3. The van der Waals surface area contributed by atoms with Crippen molar-refractivity contribution in [1.29, 1.82) is 0 Å². The number of hydrogen-bond donors (Lipinski definition) is 1. The van der Waals surface area contributed by atoms with Gasteiger partial charge in [0.15, 0.2) is 0 Å². The normalized spacial score (nSPS) is 10.3. The standard InChI is InChI=1S/C14H14O2/c1-16-10-12-4-2-3-5-14(12)11-6-8-13(15)9-7-11/h2-9,15H,10H2,1H3. The van der Waals surface area contributed by atoms with Gasteiger partial charge in [0.1, 0.15) is 5.75 Å². The fourth-order valence-corrected chi connectivity index (χ4v) is 1.72. The molecule has 0 fully saturated rings. The molecule has 0 spiro atoms. The summed E-state index contributed by atoms with van der Waals surface area (Å²) in [5.41, 5.74) is 3.38. The van der Waals surface area contributed by atoms with Crippen molar-refractivity contribution in [2.75, 3.05) is 7.11 Å². The lowest BCUT2D eigenvalue weighted by atomic mass is 10.0. The minimum Gasteiger partial charge on any atom is -0.508 e. The van der Waals surface area contributed by atoms with Crippen LogP contribution in [0.25, 0.3) is 11.1 Å². The van der Waals surface area contributed by atoms with Crippen LogP contribution in [0.1, 0.15) is 5.56 Å². The topological polar surface area (TPSA) is 29.5 Å². The second-order valence-electron chi connectivity index (χ2n) is 3.64. The van der Waals surface area contributed by atoms with E-state index in [2.05, 4.69) is 6.07 Å². The van der Waals surface area contributed by atoms with Gasteiger partial charge in [0.05, 0.1) is 6.61 Å². The van der Waals surface area contributed by atoms with Crippen LogP contribution in [0.3, 0.4) is 0 Å². The molecule has 2 heteroatoms. The summed E-state index contributed by atoms with van der Waals surface area (Å²) >= 11 is 0. The SMILES string of the molecule is COCc1ccccc1-c1ccc(O)cc1. The number of hydrogen-bond acceptors (Lipinski definition) is 2. The number of aromatic hydroxyl groups is 1. The molecule has 0 amide bonds. The van der Waals surface area contributed by atoms with Crippen LogP contribution in [0.15, 0.2) is 48.5 Å². The lowest BCUT2D eigenvalue weighted by molar-refractivity contribution is 0.185. The number of methoxy groups -OCH3 is 1. The third kappa shape index (κ3) is 2.23. The molecule has 0 saturated carbocycles. The predicted octanol–water partition coefficient (Wildman–Crippen LogP) is 3.21. The number of phenols is 1. The van der Waals surface area contributed by atoms with E-state index in [1.54, 1.807) is 19.2 Å². The van der Waals surface area contributed by atoms with E-state index < -0.39 is 0 Å². The van der Waals surface area contributed by atoms with E-state index in [0.29, 0.717) is 6.61 Å². The van der Waals surface area contributed by atoms with E-state index in [1.165, 1.54) is 0 Å². The Bertz CT molecular complexity index is 460. The van der Waals surface area contributed by atoms with Crippen molar-refractivity contribution in [3.63, 3.8) is 0 Å². The van der Waals surface area contributed by atoms with E-state index in [-0.39, 0.29) is 5.75 Å². The Morgan fingerprint density at radius 3 is 2.38 bits per heavy atom. The molecule has 0 aliphatic heterocycles. The Labute approximate surface area is 95.1 Å². The monoisotopic (exact) mass is 214 g/mol. The molecule has 0 atom stereocenters. The van der Waals surface area contributed by atoms with Crippen molar-refractivity contribution >= 4 is 0 Å². The molecule has 16 heavy (non-hydrogen) atoms. The molecule has 0 radical (unpaired) electrons. The molecule has 82 valence electrons. The van der Waals surface area contributed by atoms with E-state index in [4.69, 9.17) is 4.74 Å². The van der Waals surface area contributed by atoms with E-state index in [0.717, 1.165) is 16.7 Å². The fraction of sp³-hybridized carbons (Fsp3) is 0.143. The molecule has 0 aromatic heterocycles. The largest absolute Gasteiger partial charge is 0.508 e. The first-order valence-corrected chi connectivity index (χ1v) is 5.17. The summed E-state index contributed by atoms with van der Waals surface area (Å²) in [4.78, 5) is 0. The summed E-state index contributed by atoms with van der Waals surface area (Å²) in [6.45, 7) is 0.594. The summed E-state index contributed by atoms with van der Waals surface area (Å²) in [7, 11) is 1.69. The molecule has 1 N–H and O–H groups in total. The molecule has 2 nitrogen and oxygen atoms in total. The van der Waals surface area contributed by atoms with Gasteiger partial charge in [-0.1, -0.05) is 36.4 Å². The molecular formula is C14H14O2. The molecule has 0 heterocycles. The molecule has 2 aromatic carbocycles. The summed E-state index contributed by atoms with van der Waals surface area (Å²) in [6.07, 6.45) is 0. The van der Waals surface area contributed by atoms with E-state index in [1.807, 2.05) is 30.3 Å².